The fourth-order valence-electron chi connectivity index (χ4n) is 5.46. The van der Waals surface area contributed by atoms with Crippen LogP contribution in [0.15, 0.2) is 54.6 Å². The molecule has 1 N–H and O–H groups in total. The number of carbonyl (C=O) groups is 2. The molecule has 2 unspecified atom stereocenters. The predicted octanol–water partition coefficient (Wildman–Crippen LogP) is -0.0633. The Balaban J connectivity index is 0.00000353. The Morgan fingerprint density at radius 2 is 1.74 bits per heavy atom. The molecule has 0 bridgehead atoms. The summed E-state index contributed by atoms with van der Waals surface area (Å²) in [6, 6.07) is 15.8. The van der Waals surface area contributed by atoms with Crippen LogP contribution in [0.5, 0.6) is 28.7 Å². The molecule has 9 nitrogen and oxygen atoms in total. The van der Waals surface area contributed by atoms with Gasteiger partial charge in [0.05, 0.1) is 19.1 Å². The average Bonchev–Trinajstić information content (AvgIpc) is 3.53. The Morgan fingerprint density at radius 3 is 2.46 bits per heavy atom. The minimum absolute atomic E-state index is 0. The third-order valence-corrected chi connectivity index (χ3v) is 7.00. The van der Waals surface area contributed by atoms with Crippen LogP contribution in [0.1, 0.15) is 35.6 Å². The summed E-state index contributed by atoms with van der Waals surface area (Å²) in [4.78, 5) is 24.3. The van der Waals surface area contributed by atoms with Gasteiger partial charge in [0.2, 0.25) is 6.79 Å². The summed E-state index contributed by atoms with van der Waals surface area (Å²) in [5, 5.41) is 22.2. The van der Waals surface area contributed by atoms with Crippen LogP contribution in [-0.2, 0) is 21.4 Å². The van der Waals surface area contributed by atoms with Gasteiger partial charge < -0.3 is 38.7 Å². The third-order valence-electron chi connectivity index (χ3n) is 7.00. The molecule has 2 atom stereocenters. The number of hydrogen-bond donors (Lipinski definition) is 1. The van der Waals surface area contributed by atoms with Crippen molar-refractivity contribution in [3.05, 3.63) is 76.9 Å². The first-order valence-corrected chi connectivity index (χ1v) is 12.3. The summed E-state index contributed by atoms with van der Waals surface area (Å²) < 4.78 is 28.1. The second-order valence-electron chi connectivity index (χ2n) is 9.16. The fraction of sp³-hybridized carbons (Fsp3) is 0.310. The Hall–Kier alpha value is -2.76. The molecule has 0 radical (unpaired) electrons. The van der Waals surface area contributed by atoms with Crippen molar-refractivity contribution in [3.63, 3.8) is 0 Å². The van der Waals surface area contributed by atoms with E-state index in [1.165, 1.54) is 7.11 Å². The Morgan fingerprint density at radius 1 is 1.00 bits per heavy atom. The number of aliphatic carboxylic acids is 2. The maximum atomic E-state index is 12.9. The molecule has 1 aliphatic carbocycles. The van der Waals surface area contributed by atoms with Crippen molar-refractivity contribution in [2.45, 2.75) is 25.2 Å². The maximum Gasteiger partial charge on any atom is 1.00 e. The molecule has 0 saturated carbocycles. The molecule has 0 aromatic heterocycles. The largest absolute Gasteiger partial charge is 1.00 e. The summed E-state index contributed by atoms with van der Waals surface area (Å²) in [6.07, 6.45) is 0.996. The standard InChI is InChI=1S/C29H28O9.K/c1-3-10-35-20-6-7-21-17(11-20)12-23(28(32)33)29(21,18-4-9-24-26(13-18)38-16-37-24)22-8-5-19(34-2)14-25(22)36-15-27(30)31;/h4-9,11,13-14,23H,3,10,12,15-16H2,1-2H3,(H,30,31)(H,32,33);/q;+1/p-1. The van der Waals surface area contributed by atoms with E-state index in [1.54, 1.807) is 36.4 Å². The van der Waals surface area contributed by atoms with Crippen molar-refractivity contribution in [1.29, 1.82) is 0 Å². The molecule has 10 heteroatoms. The number of carbonyl (C=O) groups excluding carboxylic acids is 1. The molecule has 0 saturated heterocycles. The van der Waals surface area contributed by atoms with E-state index in [-0.39, 0.29) is 70.3 Å². The molecular weight excluding hydrogens is 531 g/mol. The van der Waals surface area contributed by atoms with Crippen molar-refractivity contribution < 1.29 is 94.9 Å². The van der Waals surface area contributed by atoms with Crippen LogP contribution >= 0.6 is 0 Å². The van der Waals surface area contributed by atoms with Gasteiger partial charge in [-0.15, -0.1) is 0 Å². The molecular formula is C29H27KO9. The number of hydrogen-bond acceptors (Lipinski definition) is 8. The van der Waals surface area contributed by atoms with Gasteiger partial charge in [0.25, 0.3) is 0 Å². The quantitative estimate of drug-likeness (QED) is 0.341. The van der Waals surface area contributed by atoms with Crippen LogP contribution in [-0.4, -0.2) is 44.2 Å². The van der Waals surface area contributed by atoms with Gasteiger partial charge in [-0.3, -0.25) is 0 Å². The van der Waals surface area contributed by atoms with Crippen LogP contribution in [0.25, 0.3) is 0 Å². The number of methoxy groups -OCH3 is 1. The van der Waals surface area contributed by atoms with E-state index in [9.17, 15) is 19.8 Å². The van der Waals surface area contributed by atoms with Crippen LogP contribution in [0.2, 0.25) is 0 Å². The first-order valence-electron chi connectivity index (χ1n) is 12.3. The number of carboxylic acids is 2. The second kappa shape index (κ2) is 12.2. The number of fused-ring (bicyclic) bond motifs is 2. The van der Waals surface area contributed by atoms with E-state index in [0.29, 0.717) is 40.7 Å². The van der Waals surface area contributed by atoms with Crippen LogP contribution in [0.3, 0.4) is 0 Å². The zero-order valence-electron chi connectivity index (χ0n) is 22.0. The predicted molar refractivity (Wildman–Crippen MR) is 133 cm³/mol. The Labute approximate surface area is 268 Å². The molecule has 0 spiro atoms. The molecule has 0 fully saturated rings. The summed E-state index contributed by atoms with van der Waals surface area (Å²) in [7, 11) is 1.48. The molecule has 2 aliphatic rings. The van der Waals surface area contributed by atoms with Crippen molar-refractivity contribution in [1.82, 2.24) is 0 Å². The number of ether oxygens (including phenoxy) is 5. The van der Waals surface area contributed by atoms with Crippen LogP contribution in [0.4, 0.5) is 0 Å². The molecule has 39 heavy (non-hydrogen) atoms. The zero-order valence-corrected chi connectivity index (χ0v) is 25.1. The van der Waals surface area contributed by atoms with Gasteiger partial charge in [-0.05, 0) is 59.9 Å². The van der Waals surface area contributed by atoms with Gasteiger partial charge in [-0.2, -0.15) is 0 Å². The van der Waals surface area contributed by atoms with E-state index in [1.807, 2.05) is 25.1 Å². The molecule has 1 aliphatic heterocycles. The van der Waals surface area contributed by atoms with Gasteiger partial charge in [0.15, 0.2) is 18.1 Å². The van der Waals surface area contributed by atoms with E-state index in [0.717, 1.165) is 17.5 Å². The zero-order chi connectivity index (χ0) is 26.9. The normalized spacial score (nSPS) is 18.6. The average molecular weight is 559 g/mol. The first kappa shape index (κ1) is 29.2. The summed E-state index contributed by atoms with van der Waals surface area (Å²) in [5.74, 6) is -1.19. The molecule has 3 aromatic carbocycles. The summed E-state index contributed by atoms with van der Waals surface area (Å²) in [5.41, 5.74) is 1.28. The minimum Gasteiger partial charge on any atom is -0.550 e. The monoisotopic (exact) mass is 558 g/mol. The topological polar surface area (TPSA) is 124 Å². The smallest absolute Gasteiger partial charge is 0.550 e. The van der Waals surface area contributed by atoms with Gasteiger partial charge >= 0.3 is 57.4 Å². The van der Waals surface area contributed by atoms with Crippen LogP contribution < -0.4 is 80.2 Å². The van der Waals surface area contributed by atoms with Gasteiger partial charge in [0, 0.05) is 23.5 Å². The number of benzene rings is 3. The molecule has 1 heterocycles. The minimum atomic E-state index is -1.31. The van der Waals surface area contributed by atoms with E-state index in [4.69, 9.17) is 23.7 Å². The summed E-state index contributed by atoms with van der Waals surface area (Å²) in [6.45, 7) is 1.97. The SMILES string of the molecule is CCCOc1ccc2c(c1)CC(C(=O)[O-])C2(c1ccc2c(c1)OCO2)c1ccc(OC)cc1OCC(=O)O.[K+]. The Bertz CT molecular complexity index is 1390. The first-order chi connectivity index (χ1) is 18.4. The molecule has 5 rings (SSSR count). The van der Waals surface area contributed by atoms with Crippen molar-refractivity contribution in [2.75, 3.05) is 27.1 Å². The second-order valence-corrected chi connectivity index (χ2v) is 9.16. The van der Waals surface area contributed by atoms with Gasteiger partial charge in [-0.25, -0.2) is 4.79 Å². The molecule has 198 valence electrons. The van der Waals surface area contributed by atoms with Crippen molar-refractivity contribution >= 4 is 11.9 Å². The van der Waals surface area contributed by atoms with E-state index in [2.05, 4.69) is 0 Å². The van der Waals surface area contributed by atoms with Gasteiger partial charge in [-0.1, -0.05) is 25.1 Å². The fourth-order valence-corrected chi connectivity index (χ4v) is 5.46. The third kappa shape index (κ3) is 5.36. The maximum absolute atomic E-state index is 12.9. The number of carboxylic acid groups (broad SMARTS) is 2. The van der Waals surface area contributed by atoms with Crippen LogP contribution in [0, 0.1) is 5.92 Å². The number of rotatable bonds is 10. The Kier molecular flexibility index (Phi) is 9.13. The summed E-state index contributed by atoms with van der Waals surface area (Å²) >= 11 is 0. The van der Waals surface area contributed by atoms with E-state index >= 15 is 0 Å². The van der Waals surface area contributed by atoms with E-state index < -0.39 is 29.9 Å². The van der Waals surface area contributed by atoms with Gasteiger partial charge in [0.1, 0.15) is 17.2 Å². The molecule has 3 aromatic rings. The molecule has 0 amide bonds. The van der Waals surface area contributed by atoms with Crippen molar-refractivity contribution in [2.24, 2.45) is 5.92 Å². The van der Waals surface area contributed by atoms with Crippen molar-refractivity contribution in [3.8, 4) is 28.7 Å².